The Balaban J connectivity index is 2.62. The maximum Gasteiger partial charge on any atom is 0.162 e. The fraction of sp³-hybridized carbons (Fsp3) is 0.571. The molecule has 0 saturated heterocycles. The maximum atomic E-state index is 9.93. The number of nitrogens with one attached hydrogen (secondary N) is 1. The number of aliphatic hydroxyl groups excluding tert-OH is 1. The van der Waals surface area contributed by atoms with Crippen LogP contribution >= 0.6 is 0 Å². The molecule has 0 aliphatic carbocycles. The molecule has 0 aliphatic heterocycles. The molecular formula is C14H23NO3. The lowest BCUT2D eigenvalue weighted by molar-refractivity contribution is 0.223. The van der Waals surface area contributed by atoms with Gasteiger partial charge in [-0.25, -0.2) is 0 Å². The molecule has 4 heteroatoms. The first-order valence-electron chi connectivity index (χ1n) is 6.27. The summed E-state index contributed by atoms with van der Waals surface area (Å²) in [4.78, 5) is 0. The van der Waals surface area contributed by atoms with Crippen molar-refractivity contribution in [2.45, 2.75) is 32.9 Å². The van der Waals surface area contributed by atoms with Crippen LogP contribution in [0.1, 0.15) is 25.8 Å². The first-order valence-corrected chi connectivity index (χ1v) is 6.27. The van der Waals surface area contributed by atoms with Gasteiger partial charge < -0.3 is 20.3 Å². The van der Waals surface area contributed by atoms with Crippen molar-refractivity contribution < 1.29 is 14.9 Å². The van der Waals surface area contributed by atoms with Crippen molar-refractivity contribution in [1.82, 2.24) is 5.32 Å². The first-order chi connectivity index (χ1) is 8.58. The molecule has 18 heavy (non-hydrogen) atoms. The smallest absolute Gasteiger partial charge is 0.162 e. The topological polar surface area (TPSA) is 61.7 Å². The molecule has 0 heterocycles. The Kier molecular flexibility index (Phi) is 5.95. The third-order valence-electron chi connectivity index (χ3n) is 2.86. The van der Waals surface area contributed by atoms with Crippen LogP contribution in [0.25, 0.3) is 0 Å². The summed E-state index contributed by atoms with van der Waals surface area (Å²) >= 11 is 0. The molecule has 0 spiro atoms. The van der Waals surface area contributed by atoms with Crippen molar-refractivity contribution in [3.63, 3.8) is 0 Å². The summed E-state index contributed by atoms with van der Waals surface area (Å²) in [7, 11) is 1.53. The molecule has 0 aliphatic rings. The molecule has 0 fully saturated rings. The highest BCUT2D eigenvalue weighted by Gasteiger charge is 2.11. The van der Waals surface area contributed by atoms with Gasteiger partial charge in [0, 0.05) is 18.2 Å². The second-order valence-electron chi connectivity index (χ2n) is 4.86. The minimum absolute atomic E-state index is 0.0515. The van der Waals surface area contributed by atoms with Crippen LogP contribution in [-0.4, -0.2) is 30.0 Å². The molecule has 1 rings (SSSR count). The zero-order chi connectivity index (χ0) is 13.5. The SMILES string of the molecule is COc1cccc(CNC(CO)CC(C)C)c1O. The van der Waals surface area contributed by atoms with Gasteiger partial charge in [0.1, 0.15) is 0 Å². The van der Waals surface area contributed by atoms with E-state index in [0.29, 0.717) is 18.2 Å². The summed E-state index contributed by atoms with van der Waals surface area (Å²) in [5.74, 6) is 1.15. The Morgan fingerprint density at radius 1 is 1.33 bits per heavy atom. The number of rotatable bonds is 7. The molecule has 3 N–H and O–H groups in total. The second kappa shape index (κ2) is 7.24. The molecule has 0 radical (unpaired) electrons. The number of benzene rings is 1. The van der Waals surface area contributed by atoms with Crippen LogP contribution in [0.3, 0.4) is 0 Å². The van der Waals surface area contributed by atoms with Crippen molar-refractivity contribution in [2.24, 2.45) is 5.92 Å². The summed E-state index contributed by atoms with van der Waals surface area (Å²) in [5, 5.41) is 22.4. The second-order valence-corrected chi connectivity index (χ2v) is 4.86. The number of para-hydroxylation sites is 1. The maximum absolute atomic E-state index is 9.93. The predicted octanol–water partition coefficient (Wildman–Crippen LogP) is 1.90. The van der Waals surface area contributed by atoms with E-state index in [-0.39, 0.29) is 18.4 Å². The number of hydrogen-bond donors (Lipinski definition) is 3. The van der Waals surface area contributed by atoms with Crippen LogP contribution in [0, 0.1) is 5.92 Å². The number of methoxy groups -OCH3 is 1. The monoisotopic (exact) mass is 253 g/mol. The lowest BCUT2D eigenvalue weighted by Crippen LogP contribution is -2.33. The van der Waals surface area contributed by atoms with Gasteiger partial charge >= 0.3 is 0 Å². The van der Waals surface area contributed by atoms with Gasteiger partial charge in [-0.15, -0.1) is 0 Å². The Hall–Kier alpha value is -1.26. The Labute approximate surface area is 109 Å². The van der Waals surface area contributed by atoms with E-state index in [0.717, 1.165) is 12.0 Å². The van der Waals surface area contributed by atoms with E-state index in [1.807, 2.05) is 12.1 Å². The minimum Gasteiger partial charge on any atom is -0.504 e. The van der Waals surface area contributed by atoms with E-state index in [1.165, 1.54) is 7.11 Å². The van der Waals surface area contributed by atoms with Crippen LogP contribution in [0.15, 0.2) is 18.2 Å². The van der Waals surface area contributed by atoms with Gasteiger partial charge in [-0.1, -0.05) is 26.0 Å². The highest BCUT2D eigenvalue weighted by molar-refractivity contribution is 5.45. The Bertz CT molecular complexity index is 366. The molecule has 102 valence electrons. The number of phenols is 1. The van der Waals surface area contributed by atoms with Crippen molar-refractivity contribution in [1.29, 1.82) is 0 Å². The van der Waals surface area contributed by atoms with Crippen LogP contribution in [0.5, 0.6) is 11.5 Å². The van der Waals surface area contributed by atoms with E-state index in [2.05, 4.69) is 19.2 Å². The van der Waals surface area contributed by atoms with Crippen molar-refractivity contribution >= 4 is 0 Å². The number of hydrogen-bond acceptors (Lipinski definition) is 4. The zero-order valence-electron chi connectivity index (χ0n) is 11.3. The van der Waals surface area contributed by atoms with E-state index < -0.39 is 0 Å². The summed E-state index contributed by atoms with van der Waals surface area (Å²) in [6, 6.07) is 5.45. The van der Waals surface area contributed by atoms with Crippen molar-refractivity contribution in [2.75, 3.05) is 13.7 Å². The number of phenolic OH excluding ortho intramolecular Hbond substituents is 1. The molecule has 0 amide bonds. The van der Waals surface area contributed by atoms with Crippen LogP contribution < -0.4 is 10.1 Å². The van der Waals surface area contributed by atoms with E-state index in [4.69, 9.17) is 4.74 Å². The Morgan fingerprint density at radius 3 is 2.61 bits per heavy atom. The van der Waals surface area contributed by atoms with E-state index in [1.54, 1.807) is 6.07 Å². The molecule has 4 nitrogen and oxygen atoms in total. The minimum atomic E-state index is 0.0515. The summed E-state index contributed by atoms with van der Waals surface area (Å²) in [6.07, 6.45) is 0.904. The molecule has 0 saturated carbocycles. The van der Waals surface area contributed by atoms with Crippen LogP contribution in [0.2, 0.25) is 0 Å². The molecule has 1 aromatic rings. The highest BCUT2D eigenvalue weighted by Crippen LogP contribution is 2.29. The molecule has 0 aromatic heterocycles. The van der Waals surface area contributed by atoms with Crippen molar-refractivity contribution in [3.05, 3.63) is 23.8 Å². The fourth-order valence-corrected chi connectivity index (χ4v) is 1.92. The molecule has 1 atom stereocenters. The number of aromatic hydroxyl groups is 1. The lowest BCUT2D eigenvalue weighted by atomic mass is 10.0. The molecule has 1 aromatic carbocycles. The van der Waals surface area contributed by atoms with Gasteiger partial charge in [0.2, 0.25) is 0 Å². The predicted molar refractivity (Wildman–Crippen MR) is 71.8 cm³/mol. The standard InChI is InChI=1S/C14H23NO3/c1-10(2)7-12(9-16)15-8-11-5-4-6-13(18-3)14(11)17/h4-6,10,12,15-17H,7-9H2,1-3H3. The van der Waals surface area contributed by atoms with Crippen molar-refractivity contribution in [3.8, 4) is 11.5 Å². The number of ether oxygens (including phenoxy) is 1. The van der Waals surface area contributed by atoms with Gasteiger partial charge in [-0.3, -0.25) is 0 Å². The largest absolute Gasteiger partial charge is 0.504 e. The van der Waals surface area contributed by atoms with Gasteiger partial charge in [0.05, 0.1) is 13.7 Å². The lowest BCUT2D eigenvalue weighted by Gasteiger charge is -2.19. The third-order valence-corrected chi connectivity index (χ3v) is 2.86. The summed E-state index contributed by atoms with van der Waals surface area (Å²) < 4.78 is 5.06. The zero-order valence-corrected chi connectivity index (χ0v) is 11.3. The summed E-state index contributed by atoms with van der Waals surface area (Å²) in [5.41, 5.74) is 0.775. The third kappa shape index (κ3) is 4.20. The first kappa shape index (κ1) is 14.8. The van der Waals surface area contributed by atoms with E-state index >= 15 is 0 Å². The average molecular weight is 253 g/mol. The van der Waals surface area contributed by atoms with Gasteiger partial charge in [-0.05, 0) is 18.4 Å². The Morgan fingerprint density at radius 2 is 2.06 bits per heavy atom. The fourth-order valence-electron chi connectivity index (χ4n) is 1.92. The van der Waals surface area contributed by atoms with Crippen LogP contribution in [-0.2, 0) is 6.54 Å². The van der Waals surface area contributed by atoms with Gasteiger partial charge in [0.25, 0.3) is 0 Å². The van der Waals surface area contributed by atoms with Gasteiger partial charge in [0.15, 0.2) is 11.5 Å². The highest BCUT2D eigenvalue weighted by atomic mass is 16.5. The summed E-state index contributed by atoms with van der Waals surface area (Å²) in [6.45, 7) is 4.85. The average Bonchev–Trinajstić information content (AvgIpc) is 2.35. The van der Waals surface area contributed by atoms with Crippen LogP contribution in [0.4, 0.5) is 0 Å². The molecule has 1 unspecified atom stereocenters. The molecular weight excluding hydrogens is 230 g/mol. The van der Waals surface area contributed by atoms with E-state index in [9.17, 15) is 10.2 Å². The van der Waals surface area contributed by atoms with Gasteiger partial charge in [-0.2, -0.15) is 0 Å². The normalized spacial score (nSPS) is 12.7. The quantitative estimate of drug-likeness (QED) is 0.694. The molecule has 0 bridgehead atoms. The number of aliphatic hydroxyl groups is 1.